The number of Topliss-reactive ketones (excluding diaryl/α,β-unsaturated/α-hetero) is 1. The van der Waals surface area contributed by atoms with Crippen molar-refractivity contribution in [2.45, 2.75) is 102 Å². The molecule has 2 aliphatic carbocycles. The molecule has 0 aliphatic heterocycles. The third-order valence-corrected chi connectivity index (χ3v) is 6.89. The lowest BCUT2D eigenvalue weighted by atomic mass is 9.85. The Hall–Kier alpha value is -1.72. The molecule has 0 saturated heterocycles. The second-order valence-corrected chi connectivity index (χ2v) is 9.56. The predicted octanol–water partition coefficient (Wildman–Crippen LogP) is 3.95. The van der Waals surface area contributed by atoms with E-state index in [0.29, 0.717) is 31.7 Å². The van der Waals surface area contributed by atoms with Gasteiger partial charge in [-0.15, -0.1) is 0 Å². The van der Waals surface area contributed by atoms with Crippen LogP contribution in [0, 0.1) is 11.8 Å². The summed E-state index contributed by atoms with van der Waals surface area (Å²) < 4.78 is 0. The summed E-state index contributed by atoms with van der Waals surface area (Å²) in [4.78, 5) is 24.1. The van der Waals surface area contributed by atoms with E-state index in [0.717, 1.165) is 51.4 Å². The van der Waals surface area contributed by atoms with Gasteiger partial charge in [-0.25, -0.2) is 0 Å². The SMILES string of the molecule is O=C(CCCCCC[C@H]1C(=O)C[C@@H](O)[C@@H]1CC[C@@H](O)CCc1ccccc1)NC1CC1. The Kier molecular flexibility index (Phi) is 9.54. The number of aryl methyl sites for hydroxylation is 1. The maximum Gasteiger partial charge on any atom is 0.220 e. The van der Waals surface area contributed by atoms with Crippen LogP contribution >= 0.6 is 0 Å². The number of hydrogen-bond donors (Lipinski definition) is 3. The van der Waals surface area contributed by atoms with Crippen molar-refractivity contribution in [3.63, 3.8) is 0 Å². The number of amides is 1. The van der Waals surface area contributed by atoms with Gasteiger partial charge in [-0.3, -0.25) is 9.59 Å². The standard InChI is InChI=1S/C26H39NO4/c28-21(15-12-19-8-4-3-5-9-19)16-17-23-22(24(29)18-25(23)30)10-6-1-2-7-11-26(31)27-20-13-14-20/h3-5,8-9,20-23,25,28,30H,1-2,6-7,10-18H2,(H,27,31)/t21-,22+,23+,25+/m0/s1. The Bertz CT molecular complexity index is 688. The Morgan fingerprint density at radius 2 is 1.77 bits per heavy atom. The molecule has 0 radical (unpaired) electrons. The first-order valence-corrected chi connectivity index (χ1v) is 12.2. The maximum atomic E-state index is 12.4. The van der Waals surface area contributed by atoms with Gasteiger partial charge in [0.25, 0.3) is 0 Å². The molecule has 1 aromatic rings. The zero-order chi connectivity index (χ0) is 22.1. The quantitative estimate of drug-likeness (QED) is 0.391. The Labute approximate surface area is 186 Å². The Morgan fingerprint density at radius 3 is 2.52 bits per heavy atom. The summed E-state index contributed by atoms with van der Waals surface area (Å²) in [5, 5.41) is 23.8. The van der Waals surface area contributed by atoms with Gasteiger partial charge in [-0.05, 0) is 62.8 Å². The number of hydrogen-bond acceptors (Lipinski definition) is 4. The summed E-state index contributed by atoms with van der Waals surface area (Å²) >= 11 is 0. The zero-order valence-corrected chi connectivity index (χ0v) is 18.7. The minimum atomic E-state index is -0.565. The minimum Gasteiger partial charge on any atom is -0.393 e. The molecule has 3 rings (SSSR count). The molecule has 2 aliphatic rings. The molecule has 0 heterocycles. The molecule has 172 valence electrons. The number of carbonyl (C=O) groups excluding carboxylic acids is 2. The summed E-state index contributed by atoms with van der Waals surface area (Å²) in [5.41, 5.74) is 1.22. The number of unbranched alkanes of at least 4 members (excludes halogenated alkanes) is 3. The van der Waals surface area contributed by atoms with Crippen molar-refractivity contribution in [2.24, 2.45) is 11.8 Å². The van der Waals surface area contributed by atoms with E-state index >= 15 is 0 Å². The van der Waals surface area contributed by atoms with Crippen molar-refractivity contribution >= 4 is 11.7 Å². The molecule has 5 heteroatoms. The summed E-state index contributed by atoms with van der Waals surface area (Å²) in [5.74, 6) is 0.250. The van der Waals surface area contributed by atoms with Gasteiger partial charge >= 0.3 is 0 Å². The highest BCUT2D eigenvalue weighted by Gasteiger charge is 2.40. The van der Waals surface area contributed by atoms with Crippen molar-refractivity contribution in [3.05, 3.63) is 35.9 Å². The highest BCUT2D eigenvalue weighted by Crippen LogP contribution is 2.36. The van der Waals surface area contributed by atoms with Crippen LogP contribution in [0.1, 0.15) is 82.6 Å². The number of aliphatic hydroxyl groups excluding tert-OH is 2. The van der Waals surface area contributed by atoms with Crippen LogP contribution in [-0.4, -0.2) is 40.2 Å². The fourth-order valence-electron chi connectivity index (χ4n) is 4.82. The monoisotopic (exact) mass is 429 g/mol. The number of aliphatic hydroxyl groups is 2. The maximum absolute atomic E-state index is 12.4. The van der Waals surface area contributed by atoms with E-state index in [9.17, 15) is 19.8 Å². The average Bonchev–Trinajstić information content (AvgIpc) is 3.52. The van der Waals surface area contributed by atoms with Crippen molar-refractivity contribution in [3.8, 4) is 0 Å². The summed E-state index contributed by atoms with van der Waals surface area (Å²) in [6.07, 6.45) is 9.73. The van der Waals surface area contributed by atoms with Crippen molar-refractivity contribution in [2.75, 3.05) is 0 Å². The smallest absolute Gasteiger partial charge is 0.220 e. The van der Waals surface area contributed by atoms with Crippen LogP contribution < -0.4 is 5.32 Å². The number of ketones is 1. The number of nitrogens with one attached hydrogen (secondary N) is 1. The van der Waals surface area contributed by atoms with Crippen molar-refractivity contribution in [1.29, 1.82) is 0 Å². The van der Waals surface area contributed by atoms with Crippen LogP contribution in [-0.2, 0) is 16.0 Å². The molecule has 0 unspecified atom stereocenters. The van der Waals surface area contributed by atoms with Crippen molar-refractivity contribution in [1.82, 2.24) is 5.32 Å². The van der Waals surface area contributed by atoms with E-state index in [-0.39, 0.29) is 29.9 Å². The normalized spacial score (nSPS) is 24.3. The van der Waals surface area contributed by atoms with E-state index in [2.05, 4.69) is 17.4 Å². The van der Waals surface area contributed by atoms with E-state index in [4.69, 9.17) is 0 Å². The van der Waals surface area contributed by atoms with Crippen LogP contribution in [0.15, 0.2) is 30.3 Å². The van der Waals surface area contributed by atoms with E-state index in [1.165, 1.54) is 5.56 Å². The second-order valence-electron chi connectivity index (χ2n) is 9.56. The van der Waals surface area contributed by atoms with Crippen LogP contribution in [0.25, 0.3) is 0 Å². The van der Waals surface area contributed by atoms with Crippen LogP contribution in [0.2, 0.25) is 0 Å². The van der Waals surface area contributed by atoms with Gasteiger partial charge in [-0.1, -0.05) is 49.6 Å². The zero-order valence-electron chi connectivity index (χ0n) is 18.7. The predicted molar refractivity (Wildman–Crippen MR) is 121 cm³/mol. The molecule has 1 aromatic carbocycles. The first kappa shape index (κ1) is 23.9. The highest BCUT2D eigenvalue weighted by molar-refractivity contribution is 5.84. The van der Waals surface area contributed by atoms with Gasteiger partial charge in [0.05, 0.1) is 12.2 Å². The Morgan fingerprint density at radius 1 is 1.03 bits per heavy atom. The molecular weight excluding hydrogens is 390 g/mol. The molecular formula is C26H39NO4. The largest absolute Gasteiger partial charge is 0.393 e. The van der Waals surface area contributed by atoms with Gasteiger partial charge < -0.3 is 15.5 Å². The van der Waals surface area contributed by atoms with Crippen LogP contribution in [0.5, 0.6) is 0 Å². The molecule has 0 spiro atoms. The van der Waals surface area contributed by atoms with Crippen LogP contribution in [0.4, 0.5) is 0 Å². The molecule has 3 N–H and O–H groups in total. The van der Waals surface area contributed by atoms with Crippen molar-refractivity contribution < 1.29 is 19.8 Å². The molecule has 0 bridgehead atoms. The van der Waals surface area contributed by atoms with Gasteiger partial charge in [0, 0.05) is 24.8 Å². The van der Waals surface area contributed by atoms with Gasteiger partial charge in [0.15, 0.2) is 0 Å². The average molecular weight is 430 g/mol. The number of benzene rings is 1. The molecule has 1 amide bonds. The van der Waals surface area contributed by atoms with Crippen LogP contribution in [0.3, 0.4) is 0 Å². The lowest BCUT2D eigenvalue weighted by Gasteiger charge is -2.22. The molecule has 31 heavy (non-hydrogen) atoms. The topological polar surface area (TPSA) is 86.6 Å². The van der Waals surface area contributed by atoms with Gasteiger partial charge in [0.2, 0.25) is 5.91 Å². The minimum absolute atomic E-state index is 0.0248. The van der Waals surface area contributed by atoms with Gasteiger partial charge in [0.1, 0.15) is 5.78 Å². The molecule has 5 nitrogen and oxygen atoms in total. The van der Waals surface area contributed by atoms with E-state index in [1.807, 2.05) is 18.2 Å². The fraction of sp³-hybridized carbons (Fsp3) is 0.692. The third kappa shape index (κ3) is 8.38. The second kappa shape index (κ2) is 12.4. The molecule has 0 aromatic heterocycles. The summed E-state index contributed by atoms with van der Waals surface area (Å²) in [6.45, 7) is 0. The van der Waals surface area contributed by atoms with E-state index in [1.54, 1.807) is 0 Å². The highest BCUT2D eigenvalue weighted by atomic mass is 16.3. The fourth-order valence-corrected chi connectivity index (χ4v) is 4.82. The Balaban J connectivity index is 1.31. The molecule has 2 saturated carbocycles. The number of rotatable bonds is 14. The van der Waals surface area contributed by atoms with E-state index < -0.39 is 12.2 Å². The molecule has 4 atom stereocenters. The first-order chi connectivity index (χ1) is 15.0. The summed E-state index contributed by atoms with van der Waals surface area (Å²) in [7, 11) is 0. The third-order valence-electron chi connectivity index (χ3n) is 6.89. The van der Waals surface area contributed by atoms with Gasteiger partial charge in [-0.2, -0.15) is 0 Å². The lowest BCUT2D eigenvalue weighted by Crippen LogP contribution is -2.24. The first-order valence-electron chi connectivity index (χ1n) is 12.2. The summed E-state index contributed by atoms with van der Waals surface area (Å²) in [6, 6.07) is 10.6. The number of carbonyl (C=O) groups is 2. The lowest BCUT2D eigenvalue weighted by molar-refractivity contribution is -0.122. The molecule has 2 fully saturated rings.